The first-order valence-corrected chi connectivity index (χ1v) is 9.00. The minimum absolute atomic E-state index is 0.179. The highest BCUT2D eigenvalue weighted by Gasteiger charge is 2.17. The number of hydrogen-bond donors (Lipinski definition) is 0. The molecule has 6 nitrogen and oxygen atoms in total. The predicted molar refractivity (Wildman–Crippen MR) is 101 cm³/mol. The Kier molecular flexibility index (Phi) is 5.68. The number of halogens is 2. The van der Waals surface area contributed by atoms with Crippen LogP contribution in [0.2, 0.25) is 5.02 Å². The Morgan fingerprint density at radius 2 is 2.15 bits per heavy atom. The maximum Gasteiger partial charge on any atom is 0.289 e. The van der Waals surface area contributed by atoms with E-state index in [0.29, 0.717) is 23.1 Å². The second kappa shape index (κ2) is 7.97. The van der Waals surface area contributed by atoms with Crippen molar-refractivity contribution in [3.8, 4) is 5.75 Å². The van der Waals surface area contributed by atoms with Crippen molar-refractivity contribution in [3.05, 3.63) is 69.3 Å². The van der Waals surface area contributed by atoms with Crippen LogP contribution < -0.4 is 4.74 Å². The second-order valence-electron chi connectivity index (χ2n) is 5.77. The highest BCUT2D eigenvalue weighted by atomic mass is 79.9. The molecule has 0 unspecified atom stereocenters. The lowest BCUT2D eigenvalue weighted by atomic mass is 10.3. The fraction of sp³-hybridized carbons (Fsp3) is 0.222. The lowest BCUT2D eigenvalue weighted by Gasteiger charge is -2.14. The summed E-state index contributed by atoms with van der Waals surface area (Å²) in [5.74, 6) is 1.12. The van der Waals surface area contributed by atoms with E-state index in [4.69, 9.17) is 20.8 Å². The molecule has 8 heteroatoms. The van der Waals surface area contributed by atoms with Gasteiger partial charge < -0.3 is 14.1 Å². The molecule has 0 bridgehead atoms. The second-order valence-corrected chi connectivity index (χ2v) is 7.09. The molecule has 26 heavy (non-hydrogen) atoms. The van der Waals surface area contributed by atoms with E-state index < -0.39 is 0 Å². The van der Waals surface area contributed by atoms with Crippen molar-refractivity contribution >= 4 is 33.4 Å². The summed E-state index contributed by atoms with van der Waals surface area (Å²) in [4.78, 5) is 14.0. The minimum Gasteiger partial charge on any atom is -0.484 e. The lowest BCUT2D eigenvalue weighted by Crippen LogP contribution is -2.26. The summed E-state index contributed by atoms with van der Waals surface area (Å²) in [7, 11) is 3.54. The molecule has 2 heterocycles. The van der Waals surface area contributed by atoms with E-state index in [1.165, 1.54) is 0 Å². The largest absolute Gasteiger partial charge is 0.484 e. The Morgan fingerprint density at radius 1 is 1.35 bits per heavy atom. The highest BCUT2D eigenvalue weighted by Crippen LogP contribution is 2.28. The normalized spacial score (nSPS) is 10.8. The number of carbonyl (C=O) groups excluding carboxylic acids is 1. The van der Waals surface area contributed by atoms with E-state index in [-0.39, 0.29) is 18.3 Å². The van der Waals surface area contributed by atoms with E-state index >= 15 is 0 Å². The number of ether oxygens (including phenoxy) is 1. The van der Waals surface area contributed by atoms with Gasteiger partial charge >= 0.3 is 0 Å². The van der Waals surface area contributed by atoms with Gasteiger partial charge in [0, 0.05) is 24.8 Å². The van der Waals surface area contributed by atoms with Crippen molar-refractivity contribution in [2.24, 2.45) is 7.05 Å². The van der Waals surface area contributed by atoms with Crippen LogP contribution >= 0.6 is 27.5 Å². The average Bonchev–Trinajstić information content (AvgIpc) is 3.22. The van der Waals surface area contributed by atoms with Crippen LogP contribution in [-0.4, -0.2) is 27.6 Å². The molecule has 1 aromatic carbocycles. The summed E-state index contributed by atoms with van der Waals surface area (Å²) in [5.41, 5.74) is 0.809. The van der Waals surface area contributed by atoms with Crippen molar-refractivity contribution in [3.63, 3.8) is 0 Å². The maximum absolute atomic E-state index is 12.5. The van der Waals surface area contributed by atoms with E-state index in [0.717, 1.165) is 10.2 Å². The van der Waals surface area contributed by atoms with E-state index in [1.54, 1.807) is 40.9 Å². The number of rotatable bonds is 6. The summed E-state index contributed by atoms with van der Waals surface area (Å²) in [6.45, 7) is 0.583. The number of amides is 1. The molecule has 0 atom stereocenters. The van der Waals surface area contributed by atoms with Gasteiger partial charge in [-0.1, -0.05) is 27.5 Å². The van der Waals surface area contributed by atoms with Gasteiger partial charge in [-0.25, -0.2) is 0 Å². The summed E-state index contributed by atoms with van der Waals surface area (Å²) in [5, 5.41) is 4.76. The van der Waals surface area contributed by atoms with Crippen molar-refractivity contribution in [1.29, 1.82) is 0 Å². The van der Waals surface area contributed by atoms with Crippen molar-refractivity contribution in [1.82, 2.24) is 14.7 Å². The van der Waals surface area contributed by atoms with E-state index in [9.17, 15) is 4.79 Å². The molecule has 0 N–H and O–H groups in total. The number of carbonyl (C=O) groups is 1. The highest BCUT2D eigenvalue weighted by molar-refractivity contribution is 9.10. The lowest BCUT2D eigenvalue weighted by molar-refractivity contribution is 0.0747. The first-order valence-electron chi connectivity index (χ1n) is 7.83. The molecule has 3 aromatic rings. The monoisotopic (exact) mass is 437 g/mol. The predicted octanol–water partition coefficient (Wildman–Crippen LogP) is 4.28. The Balaban J connectivity index is 1.60. The van der Waals surface area contributed by atoms with Crippen molar-refractivity contribution in [2.75, 3.05) is 7.05 Å². The van der Waals surface area contributed by atoms with Gasteiger partial charge in [0.2, 0.25) is 0 Å². The summed E-state index contributed by atoms with van der Waals surface area (Å²) in [6, 6.07) is 10.6. The molecule has 0 saturated carbocycles. The van der Waals surface area contributed by atoms with E-state index in [2.05, 4.69) is 21.0 Å². The van der Waals surface area contributed by atoms with Gasteiger partial charge in [-0.05, 0) is 36.4 Å². The zero-order chi connectivity index (χ0) is 18.7. The minimum atomic E-state index is -0.219. The van der Waals surface area contributed by atoms with Gasteiger partial charge in [-0.3, -0.25) is 9.48 Å². The molecule has 0 aliphatic rings. The van der Waals surface area contributed by atoms with Gasteiger partial charge in [0.05, 0.1) is 17.3 Å². The van der Waals surface area contributed by atoms with E-state index in [1.807, 2.05) is 25.4 Å². The smallest absolute Gasteiger partial charge is 0.289 e. The topological polar surface area (TPSA) is 60.5 Å². The number of aryl methyl sites for hydroxylation is 1. The van der Waals surface area contributed by atoms with Crippen molar-refractivity contribution in [2.45, 2.75) is 13.2 Å². The van der Waals surface area contributed by atoms with Gasteiger partial charge in [-0.2, -0.15) is 5.10 Å². The molecular weight excluding hydrogens is 422 g/mol. The van der Waals surface area contributed by atoms with Gasteiger partial charge in [-0.15, -0.1) is 0 Å². The van der Waals surface area contributed by atoms with Crippen LogP contribution in [0.15, 0.2) is 51.5 Å². The fourth-order valence-corrected chi connectivity index (χ4v) is 3.09. The van der Waals surface area contributed by atoms with Crippen LogP contribution in [0.1, 0.15) is 22.0 Å². The summed E-state index contributed by atoms with van der Waals surface area (Å²) < 4.78 is 13.8. The van der Waals surface area contributed by atoms with Crippen LogP contribution in [0.25, 0.3) is 0 Å². The van der Waals surface area contributed by atoms with Gasteiger partial charge in [0.15, 0.2) is 5.76 Å². The standard InChI is InChI=1S/C18H17BrClN3O3/c1-22(10-13-7-8-23(2)21-13)18(24)17-6-4-14(26-17)11-25-16-5-3-12(19)9-15(16)20/h3-9H,10-11H2,1-2H3. The number of furan rings is 1. The number of nitrogens with zero attached hydrogens (tertiary/aromatic N) is 3. The van der Waals surface area contributed by atoms with Gasteiger partial charge in [0.25, 0.3) is 5.91 Å². The Labute approximate surface area is 164 Å². The number of aromatic nitrogens is 2. The Hall–Kier alpha value is -2.25. The zero-order valence-corrected chi connectivity index (χ0v) is 16.6. The SMILES string of the molecule is CN(Cc1ccn(C)n1)C(=O)c1ccc(COc2ccc(Br)cc2Cl)o1. The molecule has 0 aliphatic heterocycles. The molecule has 136 valence electrons. The Morgan fingerprint density at radius 3 is 2.85 bits per heavy atom. The van der Waals surface area contributed by atoms with Crippen LogP contribution in [0.3, 0.4) is 0 Å². The number of benzene rings is 1. The molecule has 0 fully saturated rings. The fourth-order valence-electron chi connectivity index (χ4n) is 2.36. The maximum atomic E-state index is 12.5. The third-order valence-corrected chi connectivity index (χ3v) is 4.44. The van der Waals surface area contributed by atoms with Crippen LogP contribution in [-0.2, 0) is 20.2 Å². The quantitative estimate of drug-likeness (QED) is 0.576. The molecule has 0 aliphatic carbocycles. The molecule has 0 saturated heterocycles. The third kappa shape index (κ3) is 4.47. The summed E-state index contributed by atoms with van der Waals surface area (Å²) in [6.07, 6.45) is 1.84. The molecule has 1 amide bonds. The molecule has 0 radical (unpaired) electrons. The number of hydrogen-bond acceptors (Lipinski definition) is 4. The average molecular weight is 439 g/mol. The zero-order valence-electron chi connectivity index (χ0n) is 14.3. The first-order chi connectivity index (χ1) is 12.4. The molecular formula is C18H17BrClN3O3. The molecule has 2 aromatic heterocycles. The Bertz CT molecular complexity index is 922. The van der Waals surface area contributed by atoms with Crippen LogP contribution in [0.5, 0.6) is 5.75 Å². The van der Waals surface area contributed by atoms with Crippen LogP contribution in [0, 0.1) is 0 Å². The van der Waals surface area contributed by atoms with Crippen molar-refractivity contribution < 1.29 is 13.9 Å². The van der Waals surface area contributed by atoms with Crippen LogP contribution in [0.4, 0.5) is 0 Å². The first kappa shape index (κ1) is 18.5. The third-order valence-electron chi connectivity index (χ3n) is 3.65. The van der Waals surface area contributed by atoms with Gasteiger partial charge in [0.1, 0.15) is 18.1 Å². The summed E-state index contributed by atoms with van der Waals surface area (Å²) >= 11 is 9.46. The molecule has 0 spiro atoms. The molecule has 3 rings (SSSR count).